The molecule has 0 unspecified atom stereocenters. The van der Waals surface area contributed by atoms with Gasteiger partial charge in [0.1, 0.15) is 0 Å². The van der Waals surface area contributed by atoms with E-state index in [1.54, 1.807) is 0 Å². The standard InChI is InChI=1S/C7H14.2C6H13N.C5H11N/c1-3-7-4-6(2)5-7;1-6-3-4-7(2)5-6;1-6-4-3-5-7(6)2;1-5-3-6(2)4-5/h6-7H,3-5H2,1-2H3;2*6H,3-5H2,1-2H3;5H,3-4H2,1-2H3/t;2*6-;/m.11./s1. The van der Waals surface area contributed by atoms with Gasteiger partial charge in [0.05, 0.1) is 0 Å². The van der Waals surface area contributed by atoms with Gasteiger partial charge in [-0.1, -0.05) is 34.1 Å². The first kappa shape index (κ1) is 24.9. The van der Waals surface area contributed by atoms with E-state index in [1.165, 1.54) is 71.2 Å². The van der Waals surface area contributed by atoms with Crippen molar-refractivity contribution in [2.75, 3.05) is 53.9 Å². The lowest BCUT2D eigenvalue weighted by atomic mass is 9.75. The molecule has 0 amide bonds. The van der Waals surface area contributed by atoms with Crippen LogP contribution in [0.15, 0.2) is 0 Å². The van der Waals surface area contributed by atoms with Gasteiger partial charge in [-0.3, -0.25) is 0 Å². The van der Waals surface area contributed by atoms with Crippen molar-refractivity contribution >= 4 is 0 Å². The lowest BCUT2D eigenvalue weighted by Gasteiger charge is -2.33. The van der Waals surface area contributed by atoms with Gasteiger partial charge in [0.2, 0.25) is 0 Å². The summed E-state index contributed by atoms with van der Waals surface area (Å²) in [6.07, 6.45) is 8.60. The molecule has 0 aromatic carbocycles. The Balaban J connectivity index is 0.000000180. The van der Waals surface area contributed by atoms with Gasteiger partial charge < -0.3 is 14.7 Å². The highest BCUT2D eigenvalue weighted by Gasteiger charge is 2.22. The van der Waals surface area contributed by atoms with E-state index in [-0.39, 0.29) is 0 Å². The lowest BCUT2D eigenvalue weighted by molar-refractivity contribution is 0.149. The monoisotopic (exact) mass is 381 g/mol. The summed E-state index contributed by atoms with van der Waals surface area (Å²) in [5.41, 5.74) is 0. The zero-order valence-electron chi connectivity index (χ0n) is 20.0. The minimum atomic E-state index is 0.847. The molecule has 4 rings (SSSR count). The van der Waals surface area contributed by atoms with Crippen LogP contribution < -0.4 is 0 Å². The molecule has 0 bridgehead atoms. The first-order valence-electron chi connectivity index (χ1n) is 11.8. The van der Waals surface area contributed by atoms with Gasteiger partial charge in [0, 0.05) is 25.7 Å². The van der Waals surface area contributed by atoms with Gasteiger partial charge in [-0.05, 0) is 96.9 Å². The van der Waals surface area contributed by atoms with Crippen LogP contribution in [0, 0.1) is 23.7 Å². The third-order valence-corrected chi connectivity index (χ3v) is 6.81. The van der Waals surface area contributed by atoms with Crippen molar-refractivity contribution in [3.8, 4) is 0 Å². The molecule has 3 heterocycles. The van der Waals surface area contributed by atoms with Gasteiger partial charge in [0.25, 0.3) is 0 Å². The highest BCUT2D eigenvalue weighted by Crippen LogP contribution is 2.34. The molecule has 27 heavy (non-hydrogen) atoms. The Kier molecular flexibility index (Phi) is 12.2. The summed E-state index contributed by atoms with van der Waals surface area (Å²) in [6.45, 7) is 18.0. The van der Waals surface area contributed by atoms with Crippen LogP contribution in [0.4, 0.5) is 0 Å². The van der Waals surface area contributed by atoms with E-state index in [2.05, 4.69) is 70.5 Å². The number of likely N-dealkylation sites (tertiary alicyclic amines) is 3. The maximum absolute atomic E-state index is 2.40. The molecule has 3 aliphatic heterocycles. The van der Waals surface area contributed by atoms with Crippen LogP contribution >= 0.6 is 0 Å². The Morgan fingerprint density at radius 2 is 1.30 bits per heavy atom. The molecule has 3 nitrogen and oxygen atoms in total. The van der Waals surface area contributed by atoms with E-state index in [0.717, 1.165) is 29.7 Å². The van der Waals surface area contributed by atoms with Crippen LogP contribution in [0.3, 0.4) is 0 Å². The predicted molar refractivity (Wildman–Crippen MR) is 121 cm³/mol. The van der Waals surface area contributed by atoms with Crippen LogP contribution in [0.25, 0.3) is 0 Å². The van der Waals surface area contributed by atoms with Crippen molar-refractivity contribution in [2.45, 2.75) is 79.2 Å². The van der Waals surface area contributed by atoms with E-state index in [4.69, 9.17) is 0 Å². The number of hydrogen-bond donors (Lipinski definition) is 0. The third kappa shape index (κ3) is 10.9. The van der Waals surface area contributed by atoms with Crippen LogP contribution in [-0.4, -0.2) is 74.6 Å². The Labute approximate surface area is 171 Å². The summed E-state index contributed by atoms with van der Waals surface area (Å²) in [5, 5.41) is 0. The van der Waals surface area contributed by atoms with Crippen LogP contribution in [-0.2, 0) is 0 Å². The Morgan fingerprint density at radius 1 is 0.704 bits per heavy atom. The Morgan fingerprint density at radius 3 is 1.41 bits per heavy atom. The molecule has 0 N–H and O–H groups in total. The molecule has 0 aromatic rings. The number of rotatable bonds is 1. The minimum absolute atomic E-state index is 0.847. The van der Waals surface area contributed by atoms with E-state index >= 15 is 0 Å². The minimum Gasteiger partial charge on any atom is -0.306 e. The number of hydrogen-bond acceptors (Lipinski definition) is 3. The normalized spacial score (nSPS) is 34.2. The average Bonchev–Trinajstić information content (AvgIpc) is 3.12. The molecule has 2 atom stereocenters. The molecule has 4 aliphatic rings. The highest BCUT2D eigenvalue weighted by atomic mass is 15.2. The third-order valence-electron chi connectivity index (χ3n) is 6.81. The van der Waals surface area contributed by atoms with Crippen molar-refractivity contribution < 1.29 is 0 Å². The van der Waals surface area contributed by atoms with Gasteiger partial charge >= 0.3 is 0 Å². The predicted octanol–water partition coefficient (Wildman–Crippen LogP) is 5.07. The summed E-state index contributed by atoms with van der Waals surface area (Å²) < 4.78 is 0. The summed E-state index contributed by atoms with van der Waals surface area (Å²) in [4.78, 5) is 7.11. The van der Waals surface area contributed by atoms with Crippen molar-refractivity contribution in [3.05, 3.63) is 0 Å². The molecule has 0 aromatic heterocycles. The fourth-order valence-corrected chi connectivity index (χ4v) is 4.65. The molecule has 0 spiro atoms. The molecule has 4 fully saturated rings. The molecule has 1 aliphatic carbocycles. The maximum Gasteiger partial charge on any atom is 0.00643 e. The largest absolute Gasteiger partial charge is 0.306 e. The van der Waals surface area contributed by atoms with Crippen LogP contribution in [0.1, 0.15) is 73.1 Å². The molecule has 3 heteroatoms. The first-order chi connectivity index (χ1) is 12.7. The van der Waals surface area contributed by atoms with Gasteiger partial charge in [0.15, 0.2) is 0 Å². The lowest BCUT2D eigenvalue weighted by Crippen LogP contribution is -2.41. The SMILES string of the molecule is CC1CN(C)C1.CCC1CC(C)C1.C[C@@H]1CCCN1C.C[C@@H]1CCN(C)C1. The van der Waals surface area contributed by atoms with Crippen molar-refractivity contribution in [3.63, 3.8) is 0 Å². The second-order valence-electron chi connectivity index (χ2n) is 10.3. The summed E-state index contributed by atoms with van der Waals surface area (Å²) in [5.74, 6) is 4.06. The second kappa shape index (κ2) is 13.2. The van der Waals surface area contributed by atoms with Crippen LogP contribution in [0.2, 0.25) is 0 Å². The fraction of sp³-hybridized carbons (Fsp3) is 1.00. The van der Waals surface area contributed by atoms with Crippen LogP contribution in [0.5, 0.6) is 0 Å². The molecular weight excluding hydrogens is 330 g/mol. The van der Waals surface area contributed by atoms with E-state index in [1.807, 2.05) is 0 Å². The summed E-state index contributed by atoms with van der Waals surface area (Å²) >= 11 is 0. The number of nitrogens with zero attached hydrogens (tertiary/aromatic N) is 3. The quantitative estimate of drug-likeness (QED) is 0.628. The smallest absolute Gasteiger partial charge is 0.00643 e. The fourth-order valence-electron chi connectivity index (χ4n) is 4.65. The Bertz CT molecular complexity index is 339. The molecule has 1 saturated carbocycles. The molecule has 162 valence electrons. The topological polar surface area (TPSA) is 9.72 Å². The molecule has 3 saturated heterocycles. The van der Waals surface area contributed by atoms with E-state index < -0.39 is 0 Å². The second-order valence-corrected chi connectivity index (χ2v) is 10.3. The summed E-state index contributed by atoms with van der Waals surface area (Å²) in [6, 6.07) is 0.847. The zero-order valence-corrected chi connectivity index (χ0v) is 20.0. The average molecular weight is 382 g/mol. The Hall–Kier alpha value is -0.120. The first-order valence-corrected chi connectivity index (χ1v) is 11.8. The molecular formula is C24H51N3. The van der Waals surface area contributed by atoms with Crippen molar-refractivity contribution in [1.29, 1.82) is 0 Å². The molecule has 0 radical (unpaired) electrons. The van der Waals surface area contributed by atoms with Crippen molar-refractivity contribution in [1.82, 2.24) is 14.7 Å². The van der Waals surface area contributed by atoms with Gasteiger partial charge in [-0.15, -0.1) is 0 Å². The van der Waals surface area contributed by atoms with Gasteiger partial charge in [-0.25, -0.2) is 0 Å². The summed E-state index contributed by atoms with van der Waals surface area (Å²) in [7, 11) is 6.53. The zero-order chi connectivity index (χ0) is 20.4. The van der Waals surface area contributed by atoms with E-state index in [0.29, 0.717) is 0 Å². The maximum atomic E-state index is 2.40. The highest BCUT2D eigenvalue weighted by molar-refractivity contribution is 4.74. The van der Waals surface area contributed by atoms with Crippen molar-refractivity contribution in [2.24, 2.45) is 23.7 Å². The van der Waals surface area contributed by atoms with E-state index in [9.17, 15) is 0 Å². The van der Waals surface area contributed by atoms with Gasteiger partial charge in [-0.2, -0.15) is 0 Å².